The predicted octanol–water partition coefficient (Wildman–Crippen LogP) is 3.42. The summed E-state index contributed by atoms with van der Waals surface area (Å²) >= 11 is 0. The fourth-order valence-corrected chi connectivity index (χ4v) is 3.41. The molecule has 1 amide bonds. The van der Waals surface area contributed by atoms with Crippen molar-refractivity contribution in [2.24, 2.45) is 0 Å². The molecule has 0 spiro atoms. The van der Waals surface area contributed by atoms with Crippen molar-refractivity contribution in [3.63, 3.8) is 0 Å². The largest absolute Gasteiger partial charge is 0.322 e. The van der Waals surface area contributed by atoms with Gasteiger partial charge < -0.3 is 5.32 Å². The van der Waals surface area contributed by atoms with Crippen LogP contribution in [0.15, 0.2) is 35.2 Å². The molecule has 0 radical (unpaired) electrons. The van der Waals surface area contributed by atoms with Gasteiger partial charge in [-0.1, -0.05) is 6.07 Å². The molecule has 2 rings (SSSR count). The van der Waals surface area contributed by atoms with Crippen LogP contribution in [-0.2, 0) is 10.0 Å². The minimum Gasteiger partial charge on any atom is -0.322 e. The van der Waals surface area contributed by atoms with E-state index in [0.717, 1.165) is 26.6 Å². The standard InChI is InChI=1S/C19H24N2O3S/c1-12-7-8-16(9-13(12)2)19(22)20-18-11-17(10-14(3)15(18)4)25(23,24)21(5)6/h7-11H,1-6H3,(H,20,22). The second-order valence-corrected chi connectivity index (χ2v) is 8.61. The molecular weight excluding hydrogens is 336 g/mol. The van der Waals surface area contributed by atoms with E-state index < -0.39 is 10.0 Å². The number of anilines is 1. The third-order valence-electron chi connectivity index (χ3n) is 4.44. The van der Waals surface area contributed by atoms with E-state index in [1.807, 2.05) is 39.8 Å². The highest BCUT2D eigenvalue weighted by Crippen LogP contribution is 2.26. The summed E-state index contributed by atoms with van der Waals surface area (Å²) in [5.41, 5.74) is 4.84. The lowest BCUT2D eigenvalue weighted by Crippen LogP contribution is -2.23. The van der Waals surface area contributed by atoms with Crippen LogP contribution in [0.1, 0.15) is 32.6 Å². The molecule has 2 aromatic carbocycles. The number of nitrogens with one attached hydrogen (secondary N) is 1. The molecule has 0 fully saturated rings. The molecular formula is C19H24N2O3S. The number of rotatable bonds is 4. The van der Waals surface area contributed by atoms with Gasteiger partial charge in [0, 0.05) is 25.3 Å². The minimum atomic E-state index is -3.57. The van der Waals surface area contributed by atoms with Crippen LogP contribution in [0.25, 0.3) is 0 Å². The number of amides is 1. The van der Waals surface area contributed by atoms with Crippen molar-refractivity contribution in [2.45, 2.75) is 32.6 Å². The summed E-state index contributed by atoms with van der Waals surface area (Å²) in [6, 6.07) is 8.62. The van der Waals surface area contributed by atoms with E-state index >= 15 is 0 Å². The van der Waals surface area contributed by atoms with Gasteiger partial charge in [-0.25, -0.2) is 12.7 Å². The fourth-order valence-electron chi connectivity index (χ4n) is 2.39. The van der Waals surface area contributed by atoms with Crippen LogP contribution in [-0.4, -0.2) is 32.7 Å². The average molecular weight is 360 g/mol. The Morgan fingerprint density at radius 1 is 0.920 bits per heavy atom. The van der Waals surface area contributed by atoms with Crippen LogP contribution in [0.5, 0.6) is 0 Å². The van der Waals surface area contributed by atoms with Crippen LogP contribution in [0.3, 0.4) is 0 Å². The molecule has 0 bridgehead atoms. The fraction of sp³-hybridized carbons (Fsp3) is 0.316. The molecule has 0 aliphatic rings. The van der Waals surface area contributed by atoms with Gasteiger partial charge in [-0.2, -0.15) is 0 Å². The zero-order valence-electron chi connectivity index (χ0n) is 15.5. The second-order valence-electron chi connectivity index (χ2n) is 6.45. The van der Waals surface area contributed by atoms with Crippen LogP contribution < -0.4 is 5.32 Å². The lowest BCUT2D eigenvalue weighted by atomic mass is 10.0. The lowest BCUT2D eigenvalue weighted by molar-refractivity contribution is 0.102. The lowest BCUT2D eigenvalue weighted by Gasteiger charge is -2.16. The number of sulfonamides is 1. The summed E-state index contributed by atoms with van der Waals surface area (Å²) in [4.78, 5) is 12.7. The van der Waals surface area contributed by atoms with Gasteiger partial charge in [0.05, 0.1) is 4.90 Å². The Labute approximate surface area is 149 Å². The highest BCUT2D eigenvalue weighted by molar-refractivity contribution is 7.89. The highest BCUT2D eigenvalue weighted by atomic mass is 32.2. The number of aryl methyl sites for hydroxylation is 3. The zero-order chi connectivity index (χ0) is 18.9. The van der Waals surface area contributed by atoms with Gasteiger partial charge in [0.15, 0.2) is 0 Å². The van der Waals surface area contributed by atoms with Crippen molar-refractivity contribution in [3.8, 4) is 0 Å². The molecule has 0 heterocycles. The monoisotopic (exact) mass is 360 g/mol. The molecule has 0 saturated carbocycles. The molecule has 5 nitrogen and oxygen atoms in total. The zero-order valence-corrected chi connectivity index (χ0v) is 16.3. The minimum absolute atomic E-state index is 0.163. The van der Waals surface area contributed by atoms with E-state index in [2.05, 4.69) is 5.32 Å². The molecule has 1 N–H and O–H groups in total. The van der Waals surface area contributed by atoms with E-state index in [0.29, 0.717) is 11.3 Å². The first-order valence-corrected chi connectivity index (χ1v) is 9.40. The molecule has 0 aliphatic carbocycles. The molecule has 6 heteroatoms. The summed E-state index contributed by atoms with van der Waals surface area (Å²) in [6.07, 6.45) is 0. The van der Waals surface area contributed by atoms with E-state index in [1.165, 1.54) is 20.2 Å². The topological polar surface area (TPSA) is 66.5 Å². The Morgan fingerprint density at radius 3 is 2.12 bits per heavy atom. The number of carbonyl (C=O) groups excluding carboxylic acids is 1. The van der Waals surface area contributed by atoms with Crippen molar-refractivity contribution in [3.05, 3.63) is 58.1 Å². The molecule has 2 aromatic rings. The Morgan fingerprint density at radius 2 is 1.56 bits per heavy atom. The Bertz CT molecular complexity index is 932. The first-order chi connectivity index (χ1) is 11.5. The normalized spacial score (nSPS) is 11.6. The molecule has 0 aromatic heterocycles. The molecule has 0 aliphatic heterocycles. The highest BCUT2D eigenvalue weighted by Gasteiger charge is 2.20. The summed E-state index contributed by atoms with van der Waals surface area (Å²) in [6.45, 7) is 7.62. The smallest absolute Gasteiger partial charge is 0.255 e. The van der Waals surface area contributed by atoms with E-state index in [9.17, 15) is 13.2 Å². The number of nitrogens with zero attached hydrogens (tertiary/aromatic N) is 1. The van der Waals surface area contributed by atoms with Gasteiger partial charge in [0.25, 0.3) is 5.91 Å². The Kier molecular flexibility index (Phi) is 5.34. The van der Waals surface area contributed by atoms with Gasteiger partial charge in [-0.15, -0.1) is 0 Å². The van der Waals surface area contributed by atoms with Crippen LogP contribution in [0.4, 0.5) is 5.69 Å². The van der Waals surface area contributed by atoms with Crippen molar-refractivity contribution in [1.29, 1.82) is 0 Å². The molecule has 0 atom stereocenters. The van der Waals surface area contributed by atoms with Crippen LogP contribution in [0, 0.1) is 27.7 Å². The van der Waals surface area contributed by atoms with E-state index in [4.69, 9.17) is 0 Å². The maximum Gasteiger partial charge on any atom is 0.255 e. The molecule has 0 unspecified atom stereocenters. The summed E-state index contributed by atoms with van der Waals surface area (Å²) in [5.74, 6) is -0.259. The van der Waals surface area contributed by atoms with Gasteiger partial charge in [-0.05, 0) is 74.2 Å². The number of hydrogen-bond donors (Lipinski definition) is 1. The first kappa shape index (κ1) is 19.1. The second kappa shape index (κ2) is 6.98. The third-order valence-corrected chi connectivity index (χ3v) is 6.23. The Balaban J connectivity index is 2.43. The van der Waals surface area contributed by atoms with Crippen molar-refractivity contribution >= 4 is 21.6 Å². The van der Waals surface area contributed by atoms with E-state index in [-0.39, 0.29) is 10.8 Å². The van der Waals surface area contributed by atoms with Crippen molar-refractivity contribution < 1.29 is 13.2 Å². The third kappa shape index (κ3) is 3.91. The van der Waals surface area contributed by atoms with Gasteiger partial charge in [0.1, 0.15) is 0 Å². The summed E-state index contributed by atoms with van der Waals surface area (Å²) in [7, 11) is -0.601. The average Bonchev–Trinajstić information content (AvgIpc) is 2.53. The summed E-state index contributed by atoms with van der Waals surface area (Å²) in [5, 5.41) is 2.84. The molecule has 25 heavy (non-hydrogen) atoms. The van der Waals surface area contributed by atoms with Crippen LogP contribution >= 0.6 is 0 Å². The SMILES string of the molecule is Cc1ccc(C(=O)Nc2cc(S(=O)(=O)N(C)C)cc(C)c2C)cc1C. The number of benzene rings is 2. The predicted molar refractivity (Wildman–Crippen MR) is 101 cm³/mol. The Hall–Kier alpha value is -2.18. The van der Waals surface area contributed by atoms with Gasteiger partial charge in [0.2, 0.25) is 10.0 Å². The van der Waals surface area contributed by atoms with Gasteiger partial charge >= 0.3 is 0 Å². The first-order valence-electron chi connectivity index (χ1n) is 7.96. The maximum absolute atomic E-state index is 12.6. The summed E-state index contributed by atoms with van der Waals surface area (Å²) < 4.78 is 26.0. The number of hydrogen-bond acceptors (Lipinski definition) is 3. The quantitative estimate of drug-likeness (QED) is 0.908. The van der Waals surface area contributed by atoms with E-state index in [1.54, 1.807) is 12.1 Å². The van der Waals surface area contributed by atoms with Crippen LogP contribution in [0.2, 0.25) is 0 Å². The van der Waals surface area contributed by atoms with Gasteiger partial charge in [-0.3, -0.25) is 4.79 Å². The number of carbonyl (C=O) groups is 1. The maximum atomic E-state index is 12.6. The van der Waals surface area contributed by atoms with Crippen molar-refractivity contribution in [1.82, 2.24) is 4.31 Å². The molecule has 134 valence electrons. The molecule has 0 saturated heterocycles. The van der Waals surface area contributed by atoms with Crippen molar-refractivity contribution in [2.75, 3.05) is 19.4 Å².